The predicted molar refractivity (Wildman–Crippen MR) is 213 cm³/mol. The van der Waals surface area contributed by atoms with Crippen molar-refractivity contribution in [1.82, 2.24) is 19.9 Å². The molecule has 0 N–H and O–H groups in total. The normalized spacial score (nSPS) is 11.4. The Bertz CT molecular complexity index is 2980. The van der Waals surface area contributed by atoms with Crippen LogP contribution >= 0.6 is 0 Å². The lowest BCUT2D eigenvalue weighted by Crippen LogP contribution is -2.02. The molecule has 5 heteroatoms. The van der Waals surface area contributed by atoms with Gasteiger partial charge in [-0.05, 0) is 50.0 Å². The number of hydrogen-bond donors (Lipinski definition) is 0. The Hall–Kier alpha value is -7.29. The summed E-state index contributed by atoms with van der Waals surface area (Å²) in [5.74, 6) is 1.81. The number of fused-ring (bicyclic) bond motifs is 7. The third-order valence-corrected chi connectivity index (χ3v) is 9.91. The molecule has 5 nitrogen and oxygen atoms in total. The Labute approximate surface area is 299 Å². The van der Waals surface area contributed by atoms with Gasteiger partial charge in [0.2, 0.25) is 0 Å². The molecule has 0 saturated carbocycles. The van der Waals surface area contributed by atoms with E-state index in [4.69, 9.17) is 26.5 Å². The number of benzene rings is 8. The standard InChI is InChI=1S/C47H27N5/c1-48-32-26-24-31(25-27-32)44-41-28-40(35-18-6-7-19-36(35)43(41)39-20-8-9-23-42(39)49-44)47-51-45(37-21-10-14-29-12-2-4-16-33(29)37)50-46(52-47)38-22-11-15-30-13-3-5-17-34(30)38/h2-28H. The monoisotopic (exact) mass is 661 g/mol. The molecule has 0 atom stereocenters. The highest BCUT2D eigenvalue weighted by Crippen LogP contribution is 2.42. The zero-order valence-corrected chi connectivity index (χ0v) is 27.8. The zero-order chi connectivity index (χ0) is 34.6. The number of aromatic nitrogens is 4. The summed E-state index contributed by atoms with van der Waals surface area (Å²) in [7, 11) is 0. The van der Waals surface area contributed by atoms with Gasteiger partial charge in [0, 0.05) is 32.8 Å². The van der Waals surface area contributed by atoms with Crippen molar-refractivity contribution in [2.24, 2.45) is 0 Å². The summed E-state index contributed by atoms with van der Waals surface area (Å²) in [5.41, 5.74) is 6.07. The molecule has 0 radical (unpaired) electrons. The Kier molecular flexibility index (Phi) is 6.80. The van der Waals surface area contributed by atoms with E-state index < -0.39 is 0 Å². The minimum absolute atomic E-state index is 0.585. The Balaban J connectivity index is 1.33. The van der Waals surface area contributed by atoms with Crippen LogP contribution in [-0.2, 0) is 0 Å². The molecule has 2 heterocycles. The van der Waals surface area contributed by atoms with Crippen molar-refractivity contribution < 1.29 is 0 Å². The van der Waals surface area contributed by atoms with E-state index in [-0.39, 0.29) is 0 Å². The molecule has 0 amide bonds. The van der Waals surface area contributed by atoms with Crippen LogP contribution in [0.1, 0.15) is 0 Å². The number of nitrogens with zero attached hydrogens (tertiary/aromatic N) is 5. The first-order chi connectivity index (χ1) is 25.7. The van der Waals surface area contributed by atoms with Crippen LogP contribution in [0.25, 0.3) is 104 Å². The first-order valence-electron chi connectivity index (χ1n) is 17.2. The Morgan fingerprint density at radius 3 is 1.50 bits per heavy atom. The van der Waals surface area contributed by atoms with Gasteiger partial charge in [-0.2, -0.15) is 0 Å². The fourth-order valence-electron chi connectivity index (χ4n) is 7.49. The van der Waals surface area contributed by atoms with Crippen molar-refractivity contribution in [2.75, 3.05) is 0 Å². The van der Waals surface area contributed by atoms with E-state index in [2.05, 4.69) is 138 Å². The number of rotatable bonds is 4. The molecule has 0 spiro atoms. The van der Waals surface area contributed by atoms with Crippen LogP contribution in [0.4, 0.5) is 5.69 Å². The summed E-state index contributed by atoms with van der Waals surface area (Å²) in [4.78, 5) is 24.7. The molecule has 52 heavy (non-hydrogen) atoms. The second kappa shape index (κ2) is 11.9. The molecule has 0 fully saturated rings. The van der Waals surface area contributed by atoms with E-state index in [1.165, 1.54) is 0 Å². The highest BCUT2D eigenvalue weighted by atomic mass is 15.0. The van der Waals surface area contributed by atoms with Gasteiger partial charge in [-0.15, -0.1) is 0 Å². The zero-order valence-electron chi connectivity index (χ0n) is 27.8. The minimum atomic E-state index is 0.585. The molecule has 0 aliphatic rings. The summed E-state index contributed by atoms with van der Waals surface area (Å²) in [6.45, 7) is 7.51. The minimum Gasteiger partial charge on any atom is -0.247 e. The van der Waals surface area contributed by atoms with Gasteiger partial charge in [-0.25, -0.2) is 24.8 Å². The molecule has 0 aliphatic heterocycles. The van der Waals surface area contributed by atoms with E-state index >= 15 is 0 Å². The average Bonchev–Trinajstić information content (AvgIpc) is 3.22. The van der Waals surface area contributed by atoms with E-state index in [1.807, 2.05) is 30.3 Å². The largest absolute Gasteiger partial charge is 0.247 e. The Morgan fingerprint density at radius 1 is 0.385 bits per heavy atom. The summed E-state index contributed by atoms with van der Waals surface area (Å²) in [5, 5.41) is 9.71. The molecule has 10 aromatic rings. The van der Waals surface area contributed by atoms with Gasteiger partial charge in [0.1, 0.15) is 0 Å². The van der Waals surface area contributed by atoms with Crippen molar-refractivity contribution >= 4 is 59.7 Å². The molecular formula is C47H27N5. The van der Waals surface area contributed by atoms with E-state index in [0.717, 1.165) is 81.9 Å². The second-order valence-corrected chi connectivity index (χ2v) is 12.9. The van der Waals surface area contributed by atoms with E-state index in [0.29, 0.717) is 23.2 Å². The average molecular weight is 662 g/mol. The van der Waals surface area contributed by atoms with E-state index in [9.17, 15) is 0 Å². The fraction of sp³-hybridized carbons (Fsp3) is 0. The van der Waals surface area contributed by atoms with Crippen molar-refractivity contribution in [1.29, 1.82) is 0 Å². The second-order valence-electron chi connectivity index (χ2n) is 12.9. The molecule has 0 saturated heterocycles. The predicted octanol–water partition coefficient (Wildman–Crippen LogP) is 12.3. The third kappa shape index (κ3) is 4.78. The van der Waals surface area contributed by atoms with Gasteiger partial charge in [0.15, 0.2) is 23.2 Å². The van der Waals surface area contributed by atoms with Gasteiger partial charge >= 0.3 is 0 Å². The van der Waals surface area contributed by atoms with Crippen LogP contribution in [0.15, 0.2) is 164 Å². The highest BCUT2D eigenvalue weighted by Gasteiger charge is 2.21. The lowest BCUT2D eigenvalue weighted by Gasteiger charge is -2.16. The molecular weight excluding hydrogens is 635 g/mol. The number of para-hydroxylation sites is 1. The molecule has 2 aromatic heterocycles. The molecule has 0 bridgehead atoms. The van der Waals surface area contributed by atoms with Crippen molar-refractivity contribution in [2.45, 2.75) is 0 Å². The first kappa shape index (κ1) is 29.6. The van der Waals surface area contributed by atoms with Gasteiger partial charge in [0.25, 0.3) is 0 Å². The van der Waals surface area contributed by atoms with Crippen LogP contribution in [0.2, 0.25) is 0 Å². The maximum Gasteiger partial charge on any atom is 0.187 e. The van der Waals surface area contributed by atoms with Crippen LogP contribution in [0.5, 0.6) is 0 Å². The van der Waals surface area contributed by atoms with Crippen molar-refractivity contribution in [3.8, 4) is 45.4 Å². The lowest BCUT2D eigenvalue weighted by molar-refractivity contribution is 1.08. The SMILES string of the molecule is [C-]#[N+]c1ccc(-c2nc3ccccc3c3c2cc(-c2nc(-c4cccc5ccccc45)nc(-c4cccc5ccccc45)n2)c2ccccc23)cc1. The summed E-state index contributed by atoms with van der Waals surface area (Å²) in [6, 6.07) is 55.9. The summed E-state index contributed by atoms with van der Waals surface area (Å²) < 4.78 is 0. The summed E-state index contributed by atoms with van der Waals surface area (Å²) in [6.07, 6.45) is 0. The van der Waals surface area contributed by atoms with Crippen LogP contribution in [-0.4, -0.2) is 19.9 Å². The van der Waals surface area contributed by atoms with Crippen molar-refractivity contribution in [3.63, 3.8) is 0 Å². The van der Waals surface area contributed by atoms with Gasteiger partial charge in [0.05, 0.1) is 17.8 Å². The molecule has 0 unspecified atom stereocenters. The molecule has 8 aromatic carbocycles. The maximum absolute atomic E-state index is 7.51. The quantitative estimate of drug-likeness (QED) is 0.139. The highest BCUT2D eigenvalue weighted by molar-refractivity contribution is 6.25. The molecule has 0 aliphatic carbocycles. The third-order valence-electron chi connectivity index (χ3n) is 9.91. The number of hydrogen-bond acceptors (Lipinski definition) is 4. The first-order valence-corrected chi connectivity index (χ1v) is 17.2. The van der Waals surface area contributed by atoms with Gasteiger partial charge in [-0.3, -0.25) is 0 Å². The maximum atomic E-state index is 7.51. The molecule has 10 rings (SSSR count). The van der Waals surface area contributed by atoms with Gasteiger partial charge in [-0.1, -0.05) is 152 Å². The van der Waals surface area contributed by atoms with E-state index in [1.54, 1.807) is 0 Å². The molecule has 240 valence electrons. The smallest absolute Gasteiger partial charge is 0.187 e. The van der Waals surface area contributed by atoms with Gasteiger partial charge < -0.3 is 0 Å². The lowest BCUT2D eigenvalue weighted by atomic mass is 9.92. The van der Waals surface area contributed by atoms with Crippen LogP contribution < -0.4 is 0 Å². The Morgan fingerprint density at radius 2 is 0.885 bits per heavy atom. The fourth-order valence-corrected chi connectivity index (χ4v) is 7.49. The van der Waals surface area contributed by atoms with Crippen LogP contribution in [0, 0.1) is 6.57 Å². The topological polar surface area (TPSA) is 55.9 Å². The van der Waals surface area contributed by atoms with Crippen LogP contribution in [0.3, 0.4) is 0 Å². The summed E-state index contributed by atoms with van der Waals surface area (Å²) >= 11 is 0. The number of pyridine rings is 1. The van der Waals surface area contributed by atoms with Crippen molar-refractivity contribution in [3.05, 3.63) is 175 Å².